The van der Waals surface area contributed by atoms with Crippen molar-refractivity contribution in [2.75, 3.05) is 11.6 Å². The topological polar surface area (TPSA) is 119 Å². The Morgan fingerprint density at radius 3 is 2.69 bits per heavy atom. The molecule has 2 aliphatic rings. The number of thiocarbonyl (C=S) groups is 1. The van der Waals surface area contributed by atoms with Crippen LogP contribution in [0.15, 0.2) is 5.70 Å². The van der Waals surface area contributed by atoms with Gasteiger partial charge in [0.2, 0.25) is 14.2 Å². The van der Waals surface area contributed by atoms with Crippen molar-refractivity contribution in [2.24, 2.45) is 7.05 Å². The highest BCUT2D eigenvalue weighted by Gasteiger charge is 2.65. The van der Waals surface area contributed by atoms with Gasteiger partial charge >= 0.3 is 5.97 Å². The van der Waals surface area contributed by atoms with Gasteiger partial charge in [0.25, 0.3) is 5.91 Å². The van der Waals surface area contributed by atoms with Gasteiger partial charge in [-0.3, -0.25) is 14.5 Å². The quantitative estimate of drug-likeness (QED) is 0.269. The first-order chi connectivity index (χ1) is 13.6. The number of tetrazole rings is 1. The average molecular weight is 475 g/mol. The molecule has 3 heterocycles. The number of halogens is 1. The highest BCUT2D eigenvalue weighted by Crippen LogP contribution is 2.47. The van der Waals surface area contributed by atoms with Gasteiger partial charge in [0.1, 0.15) is 17.0 Å². The molecule has 2 amide bonds. The Hall–Kier alpha value is -1.83. The molecule has 29 heavy (non-hydrogen) atoms. The van der Waals surface area contributed by atoms with Gasteiger partial charge in [0, 0.05) is 23.7 Å². The highest BCUT2D eigenvalue weighted by atomic mass is 35.5. The molecule has 1 fully saturated rings. The third kappa shape index (κ3) is 3.71. The summed E-state index contributed by atoms with van der Waals surface area (Å²) in [5.74, 6) is -1.32. The van der Waals surface area contributed by atoms with Gasteiger partial charge in [-0.05, 0) is 30.1 Å². The van der Waals surface area contributed by atoms with Crippen molar-refractivity contribution in [3.05, 3.63) is 11.5 Å². The molecule has 1 unspecified atom stereocenters. The predicted octanol–water partition coefficient (Wildman–Crippen LogP) is 0.308. The molecule has 1 N–H and O–H groups in total. The zero-order valence-electron chi connectivity index (χ0n) is 16.1. The van der Waals surface area contributed by atoms with Gasteiger partial charge in [-0.15, -0.1) is 28.5 Å². The first kappa shape index (κ1) is 21.9. The highest BCUT2D eigenvalue weighted by molar-refractivity contribution is 8.00. The van der Waals surface area contributed by atoms with Crippen molar-refractivity contribution in [3.8, 4) is 0 Å². The summed E-state index contributed by atoms with van der Waals surface area (Å²) in [6.07, 6.45) is 0. The smallest absolute Gasteiger partial charge is 0.342 e. The number of fused-ring (bicyclic) bond motifs is 1. The van der Waals surface area contributed by atoms with E-state index >= 15 is 0 Å². The second kappa shape index (κ2) is 7.78. The molecule has 0 aromatic carbocycles. The van der Waals surface area contributed by atoms with Crippen LogP contribution in [0.2, 0.25) is 19.6 Å². The van der Waals surface area contributed by atoms with Crippen LogP contribution in [-0.2, 0) is 25.9 Å². The molecule has 3 rings (SSSR count). The molecule has 0 saturated carbocycles. The summed E-state index contributed by atoms with van der Waals surface area (Å²) in [5, 5.41) is 14.6. The SMILES string of the molecule is Cn1nnnc1C1=C(C(=O)O[Si](C)(C)C)N2C(=O)C(C=S)(NC(=O)CCl)[C@@H]2SC1. The van der Waals surface area contributed by atoms with Gasteiger partial charge in [0.05, 0.1) is 0 Å². The minimum Gasteiger partial charge on any atom is -0.515 e. The Morgan fingerprint density at radius 1 is 1.48 bits per heavy atom. The van der Waals surface area contributed by atoms with Crippen molar-refractivity contribution in [2.45, 2.75) is 30.6 Å². The summed E-state index contributed by atoms with van der Waals surface area (Å²) in [7, 11) is -0.621. The van der Waals surface area contributed by atoms with Gasteiger partial charge in [-0.1, -0.05) is 12.2 Å². The minimum atomic E-state index is -2.26. The van der Waals surface area contributed by atoms with E-state index < -0.39 is 37.0 Å². The summed E-state index contributed by atoms with van der Waals surface area (Å²) < 4.78 is 7.09. The van der Waals surface area contributed by atoms with Crippen LogP contribution in [0.25, 0.3) is 5.57 Å². The fourth-order valence-corrected chi connectivity index (χ4v) is 5.60. The molecular formula is C15H19ClN6O4S2Si. The van der Waals surface area contributed by atoms with Crippen LogP contribution in [0, 0.1) is 0 Å². The number of amides is 2. The van der Waals surface area contributed by atoms with Gasteiger partial charge in [-0.25, -0.2) is 9.48 Å². The van der Waals surface area contributed by atoms with E-state index in [1.165, 1.54) is 26.7 Å². The van der Waals surface area contributed by atoms with E-state index in [0.717, 1.165) is 0 Å². The number of hydrogen-bond donors (Lipinski definition) is 1. The number of aromatic nitrogens is 4. The monoisotopic (exact) mass is 474 g/mol. The van der Waals surface area contributed by atoms with Gasteiger partial charge < -0.3 is 9.74 Å². The van der Waals surface area contributed by atoms with Crippen LogP contribution in [0.1, 0.15) is 5.82 Å². The molecule has 0 bridgehead atoms. The predicted molar refractivity (Wildman–Crippen MR) is 113 cm³/mol. The molecule has 10 nitrogen and oxygen atoms in total. The lowest BCUT2D eigenvalue weighted by atomic mass is 9.88. The van der Waals surface area contributed by atoms with E-state index in [-0.39, 0.29) is 11.6 Å². The Kier molecular flexibility index (Phi) is 5.86. The molecule has 0 radical (unpaired) electrons. The lowest BCUT2D eigenvalue weighted by Crippen LogP contribution is -2.80. The van der Waals surface area contributed by atoms with E-state index in [4.69, 9.17) is 28.2 Å². The number of rotatable bonds is 6. The first-order valence-electron chi connectivity index (χ1n) is 8.53. The third-order valence-corrected chi connectivity index (χ3v) is 7.01. The number of nitrogens with zero attached hydrogens (tertiary/aromatic N) is 5. The van der Waals surface area contributed by atoms with E-state index in [1.807, 2.05) is 19.6 Å². The maximum atomic E-state index is 13.1. The van der Waals surface area contributed by atoms with Crippen molar-refractivity contribution in [1.29, 1.82) is 0 Å². The normalized spacial score (nSPS) is 24.0. The Labute approximate surface area is 182 Å². The molecule has 2 aliphatic heterocycles. The lowest BCUT2D eigenvalue weighted by Gasteiger charge is -2.55. The average Bonchev–Trinajstić information content (AvgIpc) is 3.08. The van der Waals surface area contributed by atoms with E-state index in [0.29, 0.717) is 17.2 Å². The van der Waals surface area contributed by atoms with Crippen molar-refractivity contribution >= 4 is 72.6 Å². The van der Waals surface area contributed by atoms with Crippen LogP contribution >= 0.6 is 35.6 Å². The fourth-order valence-electron chi connectivity index (χ4n) is 3.07. The molecule has 156 valence electrons. The number of thioether (sulfide) groups is 1. The van der Waals surface area contributed by atoms with Crippen LogP contribution in [-0.4, -0.2) is 79.1 Å². The number of hydrogen-bond acceptors (Lipinski definition) is 9. The van der Waals surface area contributed by atoms with Crippen LogP contribution in [0.3, 0.4) is 0 Å². The second-order valence-electron chi connectivity index (χ2n) is 7.46. The number of alkyl halides is 1. The molecule has 2 atom stereocenters. The second-order valence-corrected chi connectivity index (χ2v) is 13.5. The Balaban J connectivity index is 2.08. The summed E-state index contributed by atoms with van der Waals surface area (Å²) >= 11 is 12.0. The Morgan fingerprint density at radius 2 is 2.17 bits per heavy atom. The number of nitrogens with one attached hydrogen (secondary N) is 1. The molecule has 0 spiro atoms. The van der Waals surface area contributed by atoms with E-state index in [1.54, 1.807) is 7.05 Å². The summed E-state index contributed by atoms with van der Waals surface area (Å²) in [5.41, 5.74) is -0.857. The zero-order chi connectivity index (χ0) is 21.6. The Bertz CT molecular complexity index is 932. The summed E-state index contributed by atoms with van der Waals surface area (Å²) in [6, 6.07) is 0. The maximum Gasteiger partial charge on any atom is 0.342 e. The molecule has 1 aromatic rings. The largest absolute Gasteiger partial charge is 0.515 e. The van der Waals surface area contributed by atoms with Crippen molar-refractivity contribution in [1.82, 2.24) is 30.4 Å². The molecule has 14 heteroatoms. The summed E-state index contributed by atoms with van der Waals surface area (Å²) in [4.78, 5) is 39.4. The van der Waals surface area contributed by atoms with E-state index in [9.17, 15) is 14.4 Å². The number of β-lactam (4-membered cyclic amide) rings is 1. The minimum absolute atomic E-state index is 0.0756. The fraction of sp³-hybridized carbons (Fsp3) is 0.533. The first-order valence-corrected chi connectivity index (χ1v) is 14.0. The molecular weight excluding hydrogens is 456 g/mol. The number of aryl methyl sites for hydroxylation is 1. The van der Waals surface area contributed by atoms with E-state index in [2.05, 4.69) is 20.8 Å². The lowest BCUT2D eigenvalue weighted by molar-refractivity contribution is -0.153. The van der Waals surface area contributed by atoms with Crippen LogP contribution in [0.4, 0.5) is 0 Å². The molecule has 1 aromatic heterocycles. The van der Waals surface area contributed by atoms with Crippen molar-refractivity contribution < 1.29 is 18.8 Å². The van der Waals surface area contributed by atoms with Gasteiger partial charge in [0.15, 0.2) is 11.4 Å². The summed E-state index contributed by atoms with van der Waals surface area (Å²) in [6.45, 7) is 5.60. The maximum absolute atomic E-state index is 13.1. The number of carbonyl (C=O) groups excluding carboxylic acids is 3. The number of carbonyl (C=O) groups is 3. The van der Waals surface area contributed by atoms with Crippen LogP contribution < -0.4 is 5.32 Å². The standard InChI is InChI=1S/C15H19ClN6O4S2Si/c1-21-11(18-19-20-21)8-6-28-14-15(7-27,17-9(23)5-16)13(25)22(14)10(8)12(24)26-29(2,3)4/h7,14H,5-6H2,1-4H3,(H,17,23)/t14-,15?/m0/s1. The van der Waals surface area contributed by atoms with Crippen LogP contribution in [0.5, 0.6) is 0 Å². The molecule has 1 saturated heterocycles. The van der Waals surface area contributed by atoms with Crippen molar-refractivity contribution in [3.63, 3.8) is 0 Å². The molecule has 0 aliphatic carbocycles. The third-order valence-electron chi connectivity index (χ3n) is 4.24. The zero-order valence-corrected chi connectivity index (χ0v) is 19.5. The van der Waals surface area contributed by atoms with Gasteiger partial charge in [-0.2, -0.15) is 0 Å².